The van der Waals surface area contributed by atoms with Gasteiger partial charge in [0.2, 0.25) is 5.66 Å². The van der Waals surface area contributed by atoms with Crippen LogP contribution in [-0.4, -0.2) is 10.7 Å². The Morgan fingerprint density at radius 1 is 1.32 bits per heavy atom. The summed E-state index contributed by atoms with van der Waals surface area (Å²) >= 11 is 23.6. The van der Waals surface area contributed by atoms with E-state index in [1.807, 2.05) is 6.07 Å². The molecule has 1 aromatic carbocycles. The standard InChI is InChI=1S/C11H7Cl4N3O/c1-11(5-16)17-9(14)10(15)18(11)19-8-3-2-6(12)4-7(8)13/h2-4,17H,1H3. The van der Waals surface area contributed by atoms with Crippen LogP contribution in [0.1, 0.15) is 6.92 Å². The van der Waals surface area contributed by atoms with E-state index in [9.17, 15) is 5.26 Å². The SMILES string of the molecule is CC1(C#N)NC(Cl)=C(Cl)N1Oc1ccc(Cl)cc1Cl. The summed E-state index contributed by atoms with van der Waals surface area (Å²) < 4.78 is 0. The van der Waals surface area contributed by atoms with Crippen molar-refractivity contribution in [2.75, 3.05) is 0 Å². The van der Waals surface area contributed by atoms with Gasteiger partial charge < -0.3 is 10.2 Å². The molecule has 1 aliphatic heterocycles. The van der Waals surface area contributed by atoms with Crippen molar-refractivity contribution >= 4 is 46.4 Å². The first-order chi connectivity index (χ1) is 8.87. The monoisotopic (exact) mass is 337 g/mol. The van der Waals surface area contributed by atoms with E-state index in [0.29, 0.717) is 15.8 Å². The lowest BCUT2D eigenvalue weighted by Gasteiger charge is -2.29. The first-order valence-corrected chi connectivity index (χ1v) is 6.56. The van der Waals surface area contributed by atoms with E-state index in [1.165, 1.54) is 6.07 Å². The molecule has 100 valence electrons. The van der Waals surface area contributed by atoms with Crippen LogP contribution >= 0.6 is 46.4 Å². The van der Waals surface area contributed by atoms with Crippen LogP contribution < -0.4 is 10.2 Å². The largest absolute Gasteiger partial charge is 0.374 e. The topological polar surface area (TPSA) is 48.3 Å². The second-order valence-electron chi connectivity index (χ2n) is 3.87. The maximum atomic E-state index is 9.19. The number of hydroxylamine groups is 2. The zero-order valence-corrected chi connectivity index (χ0v) is 12.6. The summed E-state index contributed by atoms with van der Waals surface area (Å²) in [5.41, 5.74) is -1.23. The molecule has 1 heterocycles. The van der Waals surface area contributed by atoms with E-state index in [-0.39, 0.29) is 10.3 Å². The van der Waals surface area contributed by atoms with Crippen molar-refractivity contribution in [3.8, 4) is 11.8 Å². The minimum absolute atomic E-state index is 0.0664. The van der Waals surface area contributed by atoms with Gasteiger partial charge >= 0.3 is 0 Å². The van der Waals surface area contributed by atoms with Gasteiger partial charge in [-0.2, -0.15) is 10.3 Å². The highest BCUT2D eigenvalue weighted by molar-refractivity contribution is 6.39. The van der Waals surface area contributed by atoms with Gasteiger partial charge in [-0.15, -0.1) is 0 Å². The van der Waals surface area contributed by atoms with Crippen molar-refractivity contribution < 1.29 is 4.84 Å². The maximum Gasteiger partial charge on any atom is 0.232 e. The normalized spacial score (nSPS) is 22.2. The van der Waals surface area contributed by atoms with Gasteiger partial charge in [-0.25, -0.2) is 0 Å². The van der Waals surface area contributed by atoms with Crippen LogP contribution in [0.2, 0.25) is 10.0 Å². The molecule has 1 N–H and O–H groups in total. The second kappa shape index (κ2) is 5.18. The van der Waals surface area contributed by atoms with Crippen LogP contribution in [0.5, 0.6) is 5.75 Å². The minimum atomic E-state index is -1.23. The predicted octanol–water partition coefficient (Wildman–Crippen LogP) is 4.04. The molecule has 8 heteroatoms. The van der Waals surface area contributed by atoms with Crippen LogP contribution in [0, 0.1) is 11.3 Å². The molecule has 0 saturated carbocycles. The Kier molecular flexibility index (Phi) is 3.93. The van der Waals surface area contributed by atoms with Crippen LogP contribution in [-0.2, 0) is 0 Å². The number of nitrogens with one attached hydrogen (secondary N) is 1. The van der Waals surface area contributed by atoms with Crippen LogP contribution in [0.3, 0.4) is 0 Å². The van der Waals surface area contributed by atoms with E-state index < -0.39 is 5.66 Å². The molecule has 2 rings (SSSR count). The van der Waals surface area contributed by atoms with E-state index in [1.54, 1.807) is 19.1 Å². The molecule has 0 aliphatic carbocycles. The number of nitrogens with zero attached hydrogens (tertiary/aromatic N) is 2. The van der Waals surface area contributed by atoms with Crippen LogP contribution in [0.4, 0.5) is 0 Å². The molecule has 1 aliphatic rings. The minimum Gasteiger partial charge on any atom is -0.374 e. The molecule has 1 unspecified atom stereocenters. The van der Waals surface area contributed by atoms with Crippen molar-refractivity contribution in [3.63, 3.8) is 0 Å². The van der Waals surface area contributed by atoms with Gasteiger partial charge in [0.1, 0.15) is 11.2 Å². The smallest absolute Gasteiger partial charge is 0.232 e. The first kappa shape index (κ1) is 14.4. The third kappa shape index (κ3) is 2.65. The quantitative estimate of drug-likeness (QED) is 0.827. The molecule has 4 nitrogen and oxygen atoms in total. The Hall–Kier alpha value is -0.990. The van der Waals surface area contributed by atoms with Crippen molar-refractivity contribution in [2.45, 2.75) is 12.6 Å². The van der Waals surface area contributed by atoms with Gasteiger partial charge in [0.25, 0.3) is 0 Å². The Labute approximate surface area is 130 Å². The number of hydrogen-bond acceptors (Lipinski definition) is 4. The van der Waals surface area contributed by atoms with Crippen molar-refractivity contribution in [1.82, 2.24) is 10.4 Å². The third-order valence-corrected chi connectivity index (χ3v) is 3.66. The lowest BCUT2D eigenvalue weighted by Crippen LogP contribution is -2.49. The molecular formula is C11H7Cl4N3O. The highest BCUT2D eigenvalue weighted by Gasteiger charge is 2.43. The Morgan fingerprint density at radius 3 is 2.58 bits per heavy atom. The van der Waals surface area contributed by atoms with Gasteiger partial charge in [0.15, 0.2) is 10.9 Å². The van der Waals surface area contributed by atoms with E-state index >= 15 is 0 Å². The molecule has 0 aromatic heterocycles. The molecule has 0 spiro atoms. The third-order valence-electron chi connectivity index (χ3n) is 2.42. The van der Waals surface area contributed by atoms with Crippen molar-refractivity contribution in [2.24, 2.45) is 0 Å². The van der Waals surface area contributed by atoms with E-state index in [0.717, 1.165) is 5.06 Å². The second-order valence-corrected chi connectivity index (χ2v) is 5.45. The molecule has 0 bridgehead atoms. The fourth-order valence-electron chi connectivity index (χ4n) is 1.45. The summed E-state index contributed by atoms with van der Waals surface area (Å²) in [5.74, 6) is 0.304. The summed E-state index contributed by atoms with van der Waals surface area (Å²) in [4.78, 5) is 5.53. The average Bonchev–Trinajstić information content (AvgIpc) is 2.56. The number of halogens is 4. The summed E-state index contributed by atoms with van der Waals surface area (Å²) in [5, 5.41) is 14.0. The van der Waals surface area contributed by atoms with Gasteiger partial charge in [0.05, 0.1) is 5.02 Å². The number of nitriles is 1. The summed E-state index contributed by atoms with van der Waals surface area (Å²) in [6, 6.07) is 6.71. The molecule has 0 amide bonds. The zero-order chi connectivity index (χ0) is 14.2. The molecule has 0 radical (unpaired) electrons. The lowest BCUT2D eigenvalue weighted by molar-refractivity contribution is -0.0715. The number of rotatable bonds is 2. The fourth-order valence-corrected chi connectivity index (χ4v) is 2.41. The molecule has 0 fully saturated rings. The van der Waals surface area contributed by atoms with Crippen LogP contribution in [0.25, 0.3) is 0 Å². The lowest BCUT2D eigenvalue weighted by atomic mass is 10.2. The summed E-state index contributed by atoms with van der Waals surface area (Å²) in [7, 11) is 0. The van der Waals surface area contributed by atoms with Gasteiger partial charge in [-0.3, -0.25) is 0 Å². The Morgan fingerprint density at radius 2 is 2.00 bits per heavy atom. The van der Waals surface area contributed by atoms with Crippen molar-refractivity contribution in [1.29, 1.82) is 5.26 Å². The van der Waals surface area contributed by atoms with E-state index in [4.69, 9.17) is 51.2 Å². The first-order valence-electron chi connectivity index (χ1n) is 5.05. The number of benzene rings is 1. The molecule has 0 saturated heterocycles. The Balaban J connectivity index is 2.34. The van der Waals surface area contributed by atoms with Gasteiger partial charge in [0, 0.05) is 5.02 Å². The average molecular weight is 339 g/mol. The summed E-state index contributed by atoms with van der Waals surface area (Å²) in [6.45, 7) is 1.56. The van der Waals surface area contributed by atoms with Gasteiger partial charge in [-0.05, 0) is 25.1 Å². The highest BCUT2D eigenvalue weighted by atomic mass is 35.5. The van der Waals surface area contributed by atoms with Crippen molar-refractivity contribution in [3.05, 3.63) is 38.6 Å². The predicted molar refractivity (Wildman–Crippen MR) is 74.8 cm³/mol. The molecule has 19 heavy (non-hydrogen) atoms. The van der Waals surface area contributed by atoms with Crippen LogP contribution in [0.15, 0.2) is 28.5 Å². The maximum absolute atomic E-state index is 9.19. The fraction of sp³-hybridized carbons (Fsp3) is 0.182. The Bertz CT molecular complexity index is 598. The zero-order valence-electron chi connectivity index (χ0n) is 9.55. The molecular weight excluding hydrogens is 332 g/mol. The highest BCUT2D eigenvalue weighted by Crippen LogP contribution is 2.36. The molecule has 1 aromatic rings. The molecule has 1 atom stereocenters. The summed E-state index contributed by atoms with van der Waals surface area (Å²) in [6.07, 6.45) is 0. The number of hydrogen-bond donors (Lipinski definition) is 1. The van der Waals surface area contributed by atoms with E-state index in [2.05, 4.69) is 5.32 Å². The van der Waals surface area contributed by atoms with Gasteiger partial charge in [-0.1, -0.05) is 46.4 Å².